The molecule has 0 radical (unpaired) electrons. The van der Waals surface area contributed by atoms with Crippen LogP contribution in [0.25, 0.3) is 0 Å². The lowest BCUT2D eigenvalue weighted by molar-refractivity contribution is -0.124. The molecule has 4 rings (SSSR count). The summed E-state index contributed by atoms with van der Waals surface area (Å²) in [6.07, 6.45) is 2.39. The highest BCUT2D eigenvalue weighted by atomic mass is 19.1. The molecule has 0 heterocycles. The number of anilines is 2. The fraction of sp³-hybridized carbons (Fsp3) is 0.200. The maximum atomic E-state index is 13.3. The standard InChI is InChI=1S/C25H23FN2O3/c26-19-12-10-18(11-13-19)25(14-5-15-25)24(30)28-21-8-4-9-22(16-21)31-17-23(29)27-20-6-2-1-3-7-20/h1-4,6-13,16H,5,14-15,17H2,(H,27,29)(H,28,30). The Balaban J connectivity index is 1.38. The van der Waals surface area contributed by atoms with Crippen molar-refractivity contribution in [3.63, 3.8) is 0 Å². The summed E-state index contributed by atoms with van der Waals surface area (Å²) in [4.78, 5) is 25.1. The van der Waals surface area contributed by atoms with Gasteiger partial charge in [-0.2, -0.15) is 0 Å². The van der Waals surface area contributed by atoms with Crippen molar-refractivity contribution in [3.8, 4) is 5.75 Å². The summed E-state index contributed by atoms with van der Waals surface area (Å²) in [5.74, 6) is -0.236. The van der Waals surface area contributed by atoms with Gasteiger partial charge < -0.3 is 15.4 Å². The van der Waals surface area contributed by atoms with Crippen molar-refractivity contribution >= 4 is 23.2 Å². The summed E-state index contributed by atoms with van der Waals surface area (Å²) in [6.45, 7) is -0.147. The van der Waals surface area contributed by atoms with Crippen molar-refractivity contribution in [2.75, 3.05) is 17.2 Å². The van der Waals surface area contributed by atoms with Crippen molar-refractivity contribution < 1.29 is 18.7 Å². The number of para-hydroxylation sites is 1. The maximum absolute atomic E-state index is 13.3. The number of carbonyl (C=O) groups is 2. The van der Waals surface area contributed by atoms with E-state index >= 15 is 0 Å². The summed E-state index contributed by atoms with van der Waals surface area (Å²) in [7, 11) is 0. The molecule has 1 aliphatic rings. The number of nitrogens with one attached hydrogen (secondary N) is 2. The van der Waals surface area contributed by atoms with Crippen LogP contribution in [-0.2, 0) is 15.0 Å². The van der Waals surface area contributed by atoms with Crippen LogP contribution in [0, 0.1) is 5.82 Å². The average Bonchev–Trinajstić information content (AvgIpc) is 2.74. The first-order valence-electron chi connectivity index (χ1n) is 10.2. The normalized spacial score (nSPS) is 14.2. The van der Waals surface area contributed by atoms with E-state index in [-0.39, 0.29) is 24.2 Å². The van der Waals surface area contributed by atoms with E-state index in [2.05, 4.69) is 10.6 Å². The van der Waals surface area contributed by atoms with Crippen molar-refractivity contribution in [3.05, 3.63) is 90.2 Å². The van der Waals surface area contributed by atoms with E-state index in [4.69, 9.17) is 4.74 Å². The minimum atomic E-state index is -0.639. The van der Waals surface area contributed by atoms with Gasteiger partial charge in [0.15, 0.2) is 6.61 Å². The highest BCUT2D eigenvalue weighted by molar-refractivity contribution is 6.00. The Labute approximate surface area is 180 Å². The molecule has 3 aromatic carbocycles. The number of benzene rings is 3. The molecule has 2 amide bonds. The molecule has 0 spiro atoms. The largest absolute Gasteiger partial charge is 0.484 e. The Bertz CT molecular complexity index is 1060. The van der Waals surface area contributed by atoms with Gasteiger partial charge in [0.25, 0.3) is 5.91 Å². The van der Waals surface area contributed by atoms with E-state index in [0.717, 1.165) is 24.8 Å². The summed E-state index contributed by atoms with van der Waals surface area (Å²) >= 11 is 0. The molecule has 1 fully saturated rings. The Kier molecular flexibility index (Phi) is 5.98. The Morgan fingerprint density at radius 3 is 2.26 bits per heavy atom. The molecule has 1 saturated carbocycles. The molecule has 0 saturated heterocycles. The molecule has 2 N–H and O–H groups in total. The first-order valence-corrected chi connectivity index (χ1v) is 10.2. The second-order valence-electron chi connectivity index (χ2n) is 7.63. The van der Waals surface area contributed by atoms with Gasteiger partial charge in [0.1, 0.15) is 11.6 Å². The third-order valence-electron chi connectivity index (χ3n) is 5.56. The van der Waals surface area contributed by atoms with Gasteiger partial charge in [0.2, 0.25) is 5.91 Å². The lowest BCUT2D eigenvalue weighted by Gasteiger charge is -2.40. The molecule has 3 aromatic rings. The highest BCUT2D eigenvalue weighted by Crippen LogP contribution is 2.44. The van der Waals surface area contributed by atoms with Crippen molar-refractivity contribution in [1.82, 2.24) is 0 Å². The lowest BCUT2D eigenvalue weighted by atomic mass is 9.64. The van der Waals surface area contributed by atoms with Crippen LogP contribution in [0.1, 0.15) is 24.8 Å². The van der Waals surface area contributed by atoms with Crippen molar-refractivity contribution in [1.29, 1.82) is 0 Å². The molecule has 1 aliphatic carbocycles. The molecule has 0 aliphatic heterocycles. The zero-order valence-corrected chi connectivity index (χ0v) is 16.9. The molecule has 31 heavy (non-hydrogen) atoms. The zero-order valence-electron chi connectivity index (χ0n) is 16.9. The minimum absolute atomic E-state index is 0.121. The third kappa shape index (κ3) is 4.74. The Morgan fingerprint density at radius 1 is 0.871 bits per heavy atom. The number of halogens is 1. The smallest absolute Gasteiger partial charge is 0.262 e. The van der Waals surface area contributed by atoms with Crippen LogP contribution in [0.4, 0.5) is 15.8 Å². The first kappa shape index (κ1) is 20.6. The number of rotatable bonds is 7. The zero-order chi connectivity index (χ0) is 21.7. The minimum Gasteiger partial charge on any atom is -0.484 e. The van der Waals surface area contributed by atoms with Crippen LogP contribution in [0.3, 0.4) is 0 Å². The number of amides is 2. The SMILES string of the molecule is O=C(COc1cccc(NC(=O)C2(c3ccc(F)cc3)CCC2)c1)Nc1ccccc1. The maximum Gasteiger partial charge on any atom is 0.262 e. The highest BCUT2D eigenvalue weighted by Gasteiger charge is 2.45. The van der Waals surface area contributed by atoms with Gasteiger partial charge in [-0.15, -0.1) is 0 Å². The van der Waals surface area contributed by atoms with E-state index in [1.807, 2.05) is 18.2 Å². The Hall–Kier alpha value is -3.67. The molecule has 0 bridgehead atoms. The van der Waals surface area contributed by atoms with Gasteiger partial charge in [0.05, 0.1) is 5.41 Å². The third-order valence-corrected chi connectivity index (χ3v) is 5.56. The van der Waals surface area contributed by atoms with Gasteiger partial charge >= 0.3 is 0 Å². The number of hydrogen-bond donors (Lipinski definition) is 2. The molecule has 5 nitrogen and oxygen atoms in total. The van der Waals surface area contributed by atoms with E-state index in [0.29, 0.717) is 17.1 Å². The van der Waals surface area contributed by atoms with Gasteiger partial charge in [-0.1, -0.05) is 42.8 Å². The average molecular weight is 418 g/mol. The van der Waals surface area contributed by atoms with Gasteiger partial charge in [-0.3, -0.25) is 9.59 Å². The quantitative estimate of drug-likeness (QED) is 0.573. The van der Waals surface area contributed by atoms with Gasteiger partial charge in [-0.25, -0.2) is 4.39 Å². The first-order chi connectivity index (χ1) is 15.0. The summed E-state index contributed by atoms with van der Waals surface area (Å²) < 4.78 is 18.9. The lowest BCUT2D eigenvalue weighted by Crippen LogP contribution is -2.46. The van der Waals surface area contributed by atoms with Gasteiger partial charge in [-0.05, 0) is 54.8 Å². The van der Waals surface area contributed by atoms with Crippen molar-refractivity contribution in [2.45, 2.75) is 24.7 Å². The molecule has 0 unspecified atom stereocenters. The van der Waals surface area contributed by atoms with Crippen LogP contribution in [-0.4, -0.2) is 18.4 Å². The Morgan fingerprint density at radius 2 is 1.58 bits per heavy atom. The second kappa shape index (κ2) is 9.00. The van der Waals surface area contributed by atoms with Crippen molar-refractivity contribution in [2.24, 2.45) is 0 Å². The monoisotopic (exact) mass is 418 g/mol. The summed E-state index contributed by atoms with van der Waals surface area (Å²) in [6, 6.07) is 22.2. The molecule has 158 valence electrons. The van der Waals surface area contributed by atoms with Crippen LogP contribution in [0.5, 0.6) is 5.75 Å². The molecular weight excluding hydrogens is 395 g/mol. The van der Waals surface area contributed by atoms with Crippen LogP contribution >= 0.6 is 0 Å². The summed E-state index contributed by atoms with van der Waals surface area (Å²) in [5, 5.41) is 5.71. The number of ether oxygens (including phenoxy) is 1. The second-order valence-corrected chi connectivity index (χ2v) is 7.63. The fourth-order valence-corrected chi connectivity index (χ4v) is 3.73. The molecule has 0 aromatic heterocycles. The van der Waals surface area contributed by atoms with Crippen LogP contribution in [0.15, 0.2) is 78.9 Å². The summed E-state index contributed by atoms with van der Waals surface area (Å²) in [5.41, 5.74) is 1.46. The van der Waals surface area contributed by atoms with E-state index in [1.165, 1.54) is 12.1 Å². The molecule has 0 atom stereocenters. The van der Waals surface area contributed by atoms with E-state index in [9.17, 15) is 14.0 Å². The number of hydrogen-bond acceptors (Lipinski definition) is 3. The predicted octanol–water partition coefficient (Wildman–Crippen LogP) is 4.90. The molecular formula is C25H23FN2O3. The van der Waals surface area contributed by atoms with Gasteiger partial charge in [0, 0.05) is 17.4 Å². The predicted molar refractivity (Wildman–Crippen MR) is 118 cm³/mol. The van der Waals surface area contributed by atoms with E-state index < -0.39 is 5.41 Å². The van der Waals surface area contributed by atoms with Crippen LogP contribution in [0.2, 0.25) is 0 Å². The van der Waals surface area contributed by atoms with Crippen LogP contribution < -0.4 is 15.4 Å². The molecule has 6 heteroatoms. The number of carbonyl (C=O) groups excluding carboxylic acids is 2. The fourth-order valence-electron chi connectivity index (χ4n) is 3.73. The van der Waals surface area contributed by atoms with E-state index in [1.54, 1.807) is 48.5 Å². The topological polar surface area (TPSA) is 67.4 Å².